The van der Waals surface area contributed by atoms with Crippen LogP contribution in [-0.2, 0) is 12.3 Å². The maximum absolute atomic E-state index is 5.77. The van der Waals surface area contributed by atoms with E-state index in [9.17, 15) is 0 Å². The molecular formula is C14H23ClN2S. The third-order valence-electron chi connectivity index (χ3n) is 4.29. The molecule has 0 bridgehead atoms. The molecule has 1 fully saturated rings. The first-order valence-corrected chi connectivity index (χ1v) is 8.28. The molecule has 1 saturated heterocycles. The standard InChI is InChI=1S/C14H23ClN2S/c1-3-14(2)5-8-17(9-6-14)7-4-13-16-12(10-15)11-18-13/h11H,3-10H2,1-2H3. The van der Waals surface area contributed by atoms with Crippen molar-refractivity contribution < 1.29 is 0 Å². The molecule has 0 aliphatic carbocycles. The molecule has 1 aliphatic rings. The van der Waals surface area contributed by atoms with Gasteiger partial charge in [-0.15, -0.1) is 22.9 Å². The topological polar surface area (TPSA) is 16.1 Å². The fraction of sp³-hybridized carbons (Fsp3) is 0.786. The number of alkyl halides is 1. The number of thiazole rings is 1. The van der Waals surface area contributed by atoms with E-state index in [0.717, 1.165) is 18.7 Å². The smallest absolute Gasteiger partial charge is 0.0941 e. The van der Waals surface area contributed by atoms with Crippen LogP contribution in [0.4, 0.5) is 0 Å². The predicted octanol–water partition coefficient (Wildman–Crippen LogP) is 3.94. The SMILES string of the molecule is CCC1(C)CCN(CCc2nc(CCl)cs2)CC1. The summed E-state index contributed by atoms with van der Waals surface area (Å²) in [5, 5.41) is 3.31. The number of halogens is 1. The molecule has 0 N–H and O–H groups in total. The van der Waals surface area contributed by atoms with Gasteiger partial charge in [0.15, 0.2) is 0 Å². The average Bonchev–Trinajstić information content (AvgIpc) is 2.86. The summed E-state index contributed by atoms with van der Waals surface area (Å²) >= 11 is 7.51. The van der Waals surface area contributed by atoms with Crippen molar-refractivity contribution in [1.82, 2.24) is 9.88 Å². The molecule has 2 heterocycles. The van der Waals surface area contributed by atoms with Gasteiger partial charge in [-0.1, -0.05) is 20.3 Å². The quantitative estimate of drug-likeness (QED) is 0.762. The van der Waals surface area contributed by atoms with Gasteiger partial charge in [-0.2, -0.15) is 0 Å². The molecule has 0 spiro atoms. The van der Waals surface area contributed by atoms with E-state index in [-0.39, 0.29) is 0 Å². The molecule has 1 aromatic heterocycles. The Kier molecular flexibility index (Phi) is 5.05. The van der Waals surface area contributed by atoms with Crippen molar-refractivity contribution in [3.63, 3.8) is 0 Å². The Bertz CT molecular complexity index is 370. The second-order valence-electron chi connectivity index (χ2n) is 5.62. The summed E-state index contributed by atoms with van der Waals surface area (Å²) in [6, 6.07) is 0. The lowest BCUT2D eigenvalue weighted by atomic mass is 9.78. The molecule has 0 amide bonds. The van der Waals surface area contributed by atoms with Crippen molar-refractivity contribution in [3.05, 3.63) is 16.1 Å². The van der Waals surface area contributed by atoms with Crippen LogP contribution in [0, 0.1) is 5.41 Å². The second kappa shape index (κ2) is 6.36. The molecule has 0 aromatic carbocycles. The molecule has 0 radical (unpaired) electrons. The molecular weight excluding hydrogens is 264 g/mol. The summed E-state index contributed by atoms with van der Waals surface area (Å²) in [5.41, 5.74) is 1.61. The third-order valence-corrected chi connectivity index (χ3v) is 5.53. The molecule has 4 heteroatoms. The molecule has 0 saturated carbocycles. The minimum Gasteiger partial charge on any atom is -0.303 e. The number of hydrogen-bond acceptors (Lipinski definition) is 3. The zero-order chi connectivity index (χ0) is 13.0. The Morgan fingerprint density at radius 2 is 2.17 bits per heavy atom. The fourth-order valence-corrected chi connectivity index (χ4v) is 3.46. The van der Waals surface area contributed by atoms with E-state index in [2.05, 4.69) is 29.1 Å². The molecule has 2 rings (SSSR count). The summed E-state index contributed by atoms with van der Waals surface area (Å²) in [4.78, 5) is 7.10. The van der Waals surface area contributed by atoms with E-state index < -0.39 is 0 Å². The van der Waals surface area contributed by atoms with Crippen LogP contribution in [0.2, 0.25) is 0 Å². The summed E-state index contributed by atoms with van der Waals surface area (Å²) < 4.78 is 0. The molecule has 2 nitrogen and oxygen atoms in total. The Labute approximate surface area is 119 Å². The molecule has 1 aromatic rings. The number of aromatic nitrogens is 1. The van der Waals surface area contributed by atoms with Crippen LogP contribution in [-0.4, -0.2) is 29.5 Å². The van der Waals surface area contributed by atoms with E-state index in [1.54, 1.807) is 11.3 Å². The first-order chi connectivity index (χ1) is 8.65. The number of likely N-dealkylation sites (tertiary alicyclic amines) is 1. The lowest BCUT2D eigenvalue weighted by molar-refractivity contribution is 0.116. The van der Waals surface area contributed by atoms with Crippen molar-refractivity contribution in [3.8, 4) is 0 Å². The van der Waals surface area contributed by atoms with Crippen molar-refractivity contribution in [2.45, 2.75) is 45.4 Å². The minimum atomic E-state index is 0.537. The summed E-state index contributed by atoms with van der Waals surface area (Å²) in [5.74, 6) is 0.537. The number of piperidine rings is 1. The van der Waals surface area contributed by atoms with Gasteiger partial charge in [-0.3, -0.25) is 0 Å². The molecule has 0 unspecified atom stereocenters. The van der Waals surface area contributed by atoms with Crippen molar-refractivity contribution in [2.75, 3.05) is 19.6 Å². The van der Waals surface area contributed by atoms with E-state index >= 15 is 0 Å². The van der Waals surface area contributed by atoms with Gasteiger partial charge in [-0.25, -0.2) is 4.98 Å². The summed E-state index contributed by atoms with van der Waals surface area (Å²) in [7, 11) is 0. The highest BCUT2D eigenvalue weighted by Gasteiger charge is 2.27. The first-order valence-electron chi connectivity index (χ1n) is 6.87. The van der Waals surface area contributed by atoms with Crippen molar-refractivity contribution in [2.24, 2.45) is 5.41 Å². The molecule has 0 atom stereocenters. The van der Waals surface area contributed by atoms with Gasteiger partial charge in [0.05, 0.1) is 16.6 Å². The number of nitrogens with zero attached hydrogens (tertiary/aromatic N) is 2. The highest BCUT2D eigenvalue weighted by atomic mass is 35.5. The summed E-state index contributed by atoms with van der Waals surface area (Å²) in [6.45, 7) is 8.39. The fourth-order valence-electron chi connectivity index (χ4n) is 2.45. The Hall–Kier alpha value is -0.120. The Morgan fingerprint density at radius 3 is 2.72 bits per heavy atom. The van der Waals surface area contributed by atoms with Crippen LogP contribution in [0.15, 0.2) is 5.38 Å². The van der Waals surface area contributed by atoms with E-state index in [1.165, 1.54) is 37.4 Å². The molecule has 1 aliphatic heterocycles. The van der Waals surface area contributed by atoms with Gasteiger partial charge in [-0.05, 0) is 31.3 Å². The van der Waals surface area contributed by atoms with Crippen molar-refractivity contribution in [1.29, 1.82) is 0 Å². The maximum atomic E-state index is 5.77. The predicted molar refractivity (Wildman–Crippen MR) is 79.4 cm³/mol. The van der Waals surface area contributed by atoms with Crippen molar-refractivity contribution >= 4 is 22.9 Å². The van der Waals surface area contributed by atoms with Crippen LogP contribution >= 0.6 is 22.9 Å². The minimum absolute atomic E-state index is 0.537. The maximum Gasteiger partial charge on any atom is 0.0941 e. The summed E-state index contributed by atoms with van der Waals surface area (Å²) in [6.07, 6.45) is 5.07. The first kappa shape index (κ1) is 14.3. The largest absolute Gasteiger partial charge is 0.303 e. The number of rotatable bonds is 5. The zero-order valence-electron chi connectivity index (χ0n) is 11.4. The van der Waals surface area contributed by atoms with Gasteiger partial charge in [0.2, 0.25) is 0 Å². The van der Waals surface area contributed by atoms with Crippen LogP contribution < -0.4 is 0 Å². The zero-order valence-corrected chi connectivity index (χ0v) is 13.0. The van der Waals surface area contributed by atoms with E-state index in [1.807, 2.05) is 0 Å². The van der Waals surface area contributed by atoms with Gasteiger partial charge in [0.25, 0.3) is 0 Å². The molecule has 102 valence electrons. The normalized spacial score (nSPS) is 20.2. The lowest BCUT2D eigenvalue weighted by Crippen LogP contribution is -2.39. The van der Waals surface area contributed by atoms with Gasteiger partial charge < -0.3 is 4.90 Å². The van der Waals surface area contributed by atoms with E-state index in [0.29, 0.717) is 11.3 Å². The van der Waals surface area contributed by atoms with E-state index in [4.69, 9.17) is 11.6 Å². The van der Waals surface area contributed by atoms with Gasteiger partial charge >= 0.3 is 0 Å². The lowest BCUT2D eigenvalue weighted by Gasteiger charge is -2.38. The van der Waals surface area contributed by atoms with Crippen LogP contribution in [0.3, 0.4) is 0 Å². The highest BCUT2D eigenvalue weighted by Crippen LogP contribution is 2.33. The van der Waals surface area contributed by atoms with Crippen LogP contribution in [0.1, 0.15) is 43.8 Å². The van der Waals surface area contributed by atoms with Crippen LogP contribution in [0.25, 0.3) is 0 Å². The average molecular weight is 287 g/mol. The van der Waals surface area contributed by atoms with Crippen LogP contribution in [0.5, 0.6) is 0 Å². The monoisotopic (exact) mass is 286 g/mol. The number of hydrogen-bond donors (Lipinski definition) is 0. The van der Waals surface area contributed by atoms with Gasteiger partial charge in [0, 0.05) is 18.3 Å². The second-order valence-corrected chi connectivity index (χ2v) is 6.83. The Morgan fingerprint density at radius 1 is 1.44 bits per heavy atom. The highest BCUT2D eigenvalue weighted by molar-refractivity contribution is 7.09. The Balaban J connectivity index is 1.75. The third kappa shape index (κ3) is 3.69. The van der Waals surface area contributed by atoms with Gasteiger partial charge in [0.1, 0.15) is 0 Å². The molecule has 18 heavy (non-hydrogen) atoms.